The molecule has 0 saturated carbocycles. The lowest BCUT2D eigenvalue weighted by molar-refractivity contribution is 0.0698. The predicted molar refractivity (Wildman–Crippen MR) is 79.5 cm³/mol. The van der Waals surface area contributed by atoms with Gasteiger partial charge >= 0.3 is 5.97 Å². The van der Waals surface area contributed by atoms with E-state index in [1.54, 1.807) is 6.07 Å². The van der Waals surface area contributed by atoms with Gasteiger partial charge in [-0.15, -0.1) is 0 Å². The molecule has 0 atom stereocenters. The van der Waals surface area contributed by atoms with Gasteiger partial charge in [-0.2, -0.15) is 0 Å². The third-order valence-corrected chi connectivity index (χ3v) is 3.58. The van der Waals surface area contributed by atoms with Crippen LogP contribution in [0.3, 0.4) is 0 Å². The minimum absolute atomic E-state index is 0.149. The van der Waals surface area contributed by atoms with Crippen LogP contribution in [0.15, 0.2) is 18.2 Å². The highest BCUT2D eigenvalue weighted by molar-refractivity contribution is 5.97. The van der Waals surface area contributed by atoms with Crippen molar-refractivity contribution >= 4 is 17.3 Å². The van der Waals surface area contributed by atoms with Crippen molar-refractivity contribution in [1.82, 2.24) is 0 Å². The van der Waals surface area contributed by atoms with E-state index in [9.17, 15) is 4.79 Å². The van der Waals surface area contributed by atoms with Crippen LogP contribution in [0.4, 0.5) is 11.4 Å². The molecule has 0 saturated heterocycles. The summed E-state index contributed by atoms with van der Waals surface area (Å²) in [5.41, 5.74) is 7.04. The SMILES string of the molecule is CC(C)C(CNc1cccc(C(=O)O)c1N)C(C)C. The van der Waals surface area contributed by atoms with Crippen molar-refractivity contribution in [3.05, 3.63) is 23.8 Å². The lowest BCUT2D eigenvalue weighted by atomic mass is 9.85. The van der Waals surface area contributed by atoms with Crippen LogP contribution in [-0.2, 0) is 0 Å². The van der Waals surface area contributed by atoms with Gasteiger partial charge in [0.2, 0.25) is 0 Å². The molecule has 0 spiro atoms. The topological polar surface area (TPSA) is 75.3 Å². The molecule has 0 fully saturated rings. The Morgan fingerprint density at radius 3 is 2.32 bits per heavy atom. The standard InChI is InChI=1S/C15H24N2O2/c1-9(2)12(10(3)4)8-17-13-7-5-6-11(14(13)16)15(18)19/h5-7,9-10,12,17H,8,16H2,1-4H3,(H,18,19). The summed E-state index contributed by atoms with van der Waals surface area (Å²) in [7, 11) is 0. The summed E-state index contributed by atoms with van der Waals surface area (Å²) in [6, 6.07) is 5.05. The molecular formula is C15H24N2O2. The van der Waals surface area contributed by atoms with Gasteiger partial charge in [-0.3, -0.25) is 0 Å². The Morgan fingerprint density at radius 2 is 1.84 bits per heavy atom. The average Bonchev–Trinajstić information content (AvgIpc) is 2.30. The molecule has 1 aromatic carbocycles. The molecule has 0 aliphatic carbocycles. The quantitative estimate of drug-likeness (QED) is 0.689. The molecule has 19 heavy (non-hydrogen) atoms. The van der Waals surface area contributed by atoms with E-state index in [0.717, 1.165) is 6.54 Å². The van der Waals surface area contributed by atoms with Crippen molar-refractivity contribution in [2.45, 2.75) is 27.7 Å². The first-order valence-corrected chi connectivity index (χ1v) is 6.70. The number of carboxylic acid groups (broad SMARTS) is 1. The van der Waals surface area contributed by atoms with E-state index in [-0.39, 0.29) is 5.56 Å². The Bertz CT molecular complexity index is 434. The van der Waals surface area contributed by atoms with Crippen molar-refractivity contribution in [2.75, 3.05) is 17.6 Å². The molecule has 4 heteroatoms. The maximum Gasteiger partial charge on any atom is 0.337 e. The zero-order valence-electron chi connectivity index (χ0n) is 12.1. The molecule has 0 bridgehead atoms. The summed E-state index contributed by atoms with van der Waals surface area (Å²) in [5, 5.41) is 12.3. The summed E-state index contributed by atoms with van der Waals surface area (Å²) < 4.78 is 0. The Morgan fingerprint density at radius 1 is 1.26 bits per heavy atom. The molecule has 1 aromatic rings. The molecule has 4 nitrogen and oxygen atoms in total. The van der Waals surface area contributed by atoms with Crippen LogP contribution in [0.5, 0.6) is 0 Å². The second-order valence-electron chi connectivity index (χ2n) is 5.60. The Labute approximate surface area is 115 Å². The van der Waals surface area contributed by atoms with Gasteiger partial charge in [0, 0.05) is 6.54 Å². The summed E-state index contributed by atoms with van der Waals surface area (Å²) in [6.45, 7) is 9.59. The van der Waals surface area contributed by atoms with Crippen molar-refractivity contribution < 1.29 is 9.90 Å². The molecule has 0 aliphatic rings. The van der Waals surface area contributed by atoms with Crippen molar-refractivity contribution in [3.8, 4) is 0 Å². The van der Waals surface area contributed by atoms with E-state index in [2.05, 4.69) is 33.0 Å². The number of carboxylic acids is 1. The molecule has 4 N–H and O–H groups in total. The first kappa shape index (κ1) is 15.3. The molecule has 1 rings (SSSR count). The zero-order chi connectivity index (χ0) is 14.6. The highest BCUT2D eigenvalue weighted by Crippen LogP contribution is 2.25. The number of carbonyl (C=O) groups is 1. The lowest BCUT2D eigenvalue weighted by Gasteiger charge is -2.26. The van der Waals surface area contributed by atoms with Crippen molar-refractivity contribution in [2.24, 2.45) is 17.8 Å². The van der Waals surface area contributed by atoms with Crippen LogP contribution in [0.2, 0.25) is 0 Å². The Kier molecular flexibility index (Phi) is 5.21. The van der Waals surface area contributed by atoms with E-state index >= 15 is 0 Å². The molecule has 0 unspecified atom stereocenters. The van der Waals surface area contributed by atoms with E-state index in [1.165, 1.54) is 6.07 Å². The third kappa shape index (κ3) is 3.88. The van der Waals surface area contributed by atoms with Crippen LogP contribution in [0, 0.1) is 17.8 Å². The fourth-order valence-corrected chi connectivity index (χ4v) is 2.37. The summed E-state index contributed by atoms with van der Waals surface area (Å²) in [4.78, 5) is 11.0. The number of nitrogens with two attached hydrogens (primary N) is 1. The fourth-order valence-electron chi connectivity index (χ4n) is 2.37. The molecule has 0 radical (unpaired) electrons. The monoisotopic (exact) mass is 264 g/mol. The number of anilines is 2. The van der Waals surface area contributed by atoms with Crippen LogP contribution in [0.1, 0.15) is 38.1 Å². The van der Waals surface area contributed by atoms with Gasteiger partial charge in [-0.1, -0.05) is 33.8 Å². The number of rotatable bonds is 6. The van der Waals surface area contributed by atoms with Gasteiger partial charge in [0.05, 0.1) is 16.9 Å². The van der Waals surface area contributed by atoms with Gasteiger partial charge < -0.3 is 16.2 Å². The summed E-state index contributed by atoms with van der Waals surface area (Å²) >= 11 is 0. The smallest absolute Gasteiger partial charge is 0.337 e. The maximum absolute atomic E-state index is 11.0. The normalized spacial score (nSPS) is 11.3. The Balaban J connectivity index is 2.83. The number of nitrogens with one attached hydrogen (secondary N) is 1. The van der Waals surface area contributed by atoms with Crippen LogP contribution < -0.4 is 11.1 Å². The number of nitrogen functional groups attached to an aromatic ring is 1. The number of hydrogen-bond donors (Lipinski definition) is 3. The Hall–Kier alpha value is -1.71. The number of para-hydroxylation sites is 1. The minimum atomic E-state index is -0.995. The second kappa shape index (κ2) is 6.45. The average molecular weight is 264 g/mol. The zero-order valence-corrected chi connectivity index (χ0v) is 12.1. The highest BCUT2D eigenvalue weighted by atomic mass is 16.4. The summed E-state index contributed by atoms with van der Waals surface area (Å²) in [6.07, 6.45) is 0. The van der Waals surface area contributed by atoms with Gasteiger partial charge in [0.15, 0.2) is 0 Å². The number of aromatic carboxylic acids is 1. The van der Waals surface area contributed by atoms with E-state index in [4.69, 9.17) is 10.8 Å². The molecule has 0 amide bonds. The van der Waals surface area contributed by atoms with Crippen molar-refractivity contribution in [1.29, 1.82) is 0 Å². The third-order valence-electron chi connectivity index (χ3n) is 3.58. The molecule has 106 valence electrons. The first-order valence-electron chi connectivity index (χ1n) is 6.70. The number of benzene rings is 1. The largest absolute Gasteiger partial charge is 0.478 e. The highest BCUT2D eigenvalue weighted by Gasteiger charge is 2.18. The van der Waals surface area contributed by atoms with E-state index < -0.39 is 5.97 Å². The van der Waals surface area contributed by atoms with Gasteiger partial charge in [-0.25, -0.2) is 4.79 Å². The number of hydrogen-bond acceptors (Lipinski definition) is 3. The molecule has 0 heterocycles. The lowest BCUT2D eigenvalue weighted by Crippen LogP contribution is -2.25. The molecule has 0 aromatic heterocycles. The van der Waals surface area contributed by atoms with E-state index in [1.807, 2.05) is 6.07 Å². The maximum atomic E-state index is 11.0. The van der Waals surface area contributed by atoms with Crippen LogP contribution in [-0.4, -0.2) is 17.6 Å². The molecular weight excluding hydrogens is 240 g/mol. The van der Waals surface area contributed by atoms with Gasteiger partial charge in [-0.05, 0) is 29.9 Å². The fraction of sp³-hybridized carbons (Fsp3) is 0.533. The van der Waals surface area contributed by atoms with E-state index in [0.29, 0.717) is 29.1 Å². The van der Waals surface area contributed by atoms with Crippen LogP contribution in [0.25, 0.3) is 0 Å². The predicted octanol–water partition coefficient (Wildman–Crippen LogP) is 3.31. The van der Waals surface area contributed by atoms with Gasteiger partial charge in [0.1, 0.15) is 0 Å². The molecule has 0 aliphatic heterocycles. The second-order valence-corrected chi connectivity index (χ2v) is 5.60. The summed E-state index contributed by atoms with van der Waals surface area (Å²) in [5.74, 6) is 0.658. The first-order chi connectivity index (χ1) is 8.84. The van der Waals surface area contributed by atoms with Crippen molar-refractivity contribution in [3.63, 3.8) is 0 Å². The van der Waals surface area contributed by atoms with Gasteiger partial charge in [0.25, 0.3) is 0 Å². The minimum Gasteiger partial charge on any atom is -0.478 e. The van der Waals surface area contributed by atoms with Crippen LogP contribution >= 0.6 is 0 Å².